The molecular weight excluding hydrogens is 338 g/mol. The average molecular weight is 365 g/mol. The van der Waals surface area contributed by atoms with Crippen molar-refractivity contribution < 1.29 is 28.6 Å². The summed E-state index contributed by atoms with van der Waals surface area (Å²) in [7, 11) is 0. The van der Waals surface area contributed by atoms with Crippen molar-refractivity contribution >= 4 is 18.3 Å². The maximum atomic E-state index is 12.3. The standard InChI is InChI=1S/C19H27NO6/c1-6-7-10-24-15-9-8-14(12-21)11-16(15)25-17(22)13(2)20-18(23)26-19(3,4)5/h8-9,11-13H,6-7,10H2,1-5H3,(H,20,23). The summed E-state index contributed by atoms with van der Waals surface area (Å²) in [5.74, 6) is -0.199. The monoisotopic (exact) mass is 365 g/mol. The fraction of sp³-hybridized carbons (Fsp3) is 0.526. The van der Waals surface area contributed by atoms with Crippen molar-refractivity contribution in [2.75, 3.05) is 6.61 Å². The number of benzene rings is 1. The van der Waals surface area contributed by atoms with Gasteiger partial charge in [0.25, 0.3) is 0 Å². The van der Waals surface area contributed by atoms with Crippen molar-refractivity contribution in [3.8, 4) is 11.5 Å². The summed E-state index contributed by atoms with van der Waals surface area (Å²) >= 11 is 0. The fourth-order valence-corrected chi connectivity index (χ4v) is 1.86. The second-order valence-electron chi connectivity index (χ2n) is 6.82. The molecule has 7 heteroatoms. The molecule has 144 valence electrons. The molecule has 0 saturated carbocycles. The third-order valence-corrected chi connectivity index (χ3v) is 3.16. The molecule has 1 atom stereocenters. The Bertz CT molecular complexity index is 635. The number of carbonyl (C=O) groups excluding carboxylic acids is 3. The van der Waals surface area contributed by atoms with Gasteiger partial charge in [0.1, 0.15) is 17.9 Å². The zero-order valence-electron chi connectivity index (χ0n) is 16.0. The van der Waals surface area contributed by atoms with Crippen LogP contribution in [0.25, 0.3) is 0 Å². The number of aldehydes is 1. The molecule has 1 aromatic rings. The first-order chi connectivity index (χ1) is 12.2. The lowest BCUT2D eigenvalue weighted by atomic mass is 10.2. The Hall–Kier alpha value is -2.57. The lowest BCUT2D eigenvalue weighted by Crippen LogP contribution is -2.43. The maximum absolute atomic E-state index is 12.3. The van der Waals surface area contributed by atoms with E-state index in [0.717, 1.165) is 12.8 Å². The minimum Gasteiger partial charge on any atom is -0.490 e. The molecule has 1 unspecified atom stereocenters. The van der Waals surface area contributed by atoms with E-state index in [-0.39, 0.29) is 5.75 Å². The Morgan fingerprint density at radius 3 is 2.50 bits per heavy atom. The zero-order valence-corrected chi connectivity index (χ0v) is 16.0. The van der Waals surface area contributed by atoms with Crippen molar-refractivity contribution in [2.45, 2.75) is 59.1 Å². The van der Waals surface area contributed by atoms with Crippen molar-refractivity contribution in [3.05, 3.63) is 23.8 Å². The van der Waals surface area contributed by atoms with Gasteiger partial charge in [-0.1, -0.05) is 13.3 Å². The molecule has 0 fully saturated rings. The Morgan fingerprint density at radius 1 is 1.23 bits per heavy atom. The molecule has 26 heavy (non-hydrogen) atoms. The summed E-state index contributed by atoms with van der Waals surface area (Å²) in [6.07, 6.45) is 1.73. The normalized spacial score (nSPS) is 12.0. The molecule has 0 radical (unpaired) electrons. The number of alkyl carbamates (subject to hydrolysis) is 1. The molecule has 0 heterocycles. The summed E-state index contributed by atoms with van der Waals surface area (Å²) in [6.45, 7) is 9.14. The highest BCUT2D eigenvalue weighted by atomic mass is 16.6. The predicted molar refractivity (Wildman–Crippen MR) is 96.7 cm³/mol. The van der Waals surface area contributed by atoms with Gasteiger partial charge in [0.15, 0.2) is 11.5 Å². The predicted octanol–water partition coefficient (Wildman–Crippen LogP) is 3.50. The van der Waals surface area contributed by atoms with Crippen molar-refractivity contribution in [1.82, 2.24) is 5.32 Å². The second kappa shape index (κ2) is 9.79. The van der Waals surface area contributed by atoms with Gasteiger partial charge in [-0.05, 0) is 52.3 Å². The average Bonchev–Trinajstić information content (AvgIpc) is 2.54. The van der Waals surface area contributed by atoms with Crippen LogP contribution in [-0.4, -0.2) is 36.6 Å². The first-order valence-electron chi connectivity index (χ1n) is 8.59. The summed E-state index contributed by atoms with van der Waals surface area (Å²) in [5.41, 5.74) is -0.324. The van der Waals surface area contributed by atoms with Gasteiger partial charge in [-0.2, -0.15) is 0 Å². The molecule has 1 amide bonds. The summed E-state index contributed by atoms with van der Waals surface area (Å²) in [5, 5.41) is 2.41. The molecule has 0 aliphatic rings. The van der Waals surface area contributed by atoms with Gasteiger partial charge in [0.05, 0.1) is 6.61 Å². The van der Waals surface area contributed by atoms with Crippen LogP contribution in [0.1, 0.15) is 57.8 Å². The highest BCUT2D eigenvalue weighted by Crippen LogP contribution is 2.28. The lowest BCUT2D eigenvalue weighted by molar-refractivity contribution is -0.136. The number of unbranched alkanes of at least 4 members (excludes halogenated alkanes) is 1. The van der Waals surface area contributed by atoms with Crippen LogP contribution in [0.2, 0.25) is 0 Å². The Balaban J connectivity index is 2.79. The zero-order chi connectivity index (χ0) is 19.7. The number of hydrogen-bond donors (Lipinski definition) is 1. The summed E-state index contributed by atoms with van der Waals surface area (Å²) in [6, 6.07) is 3.64. The molecule has 1 aromatic carbocycles. The maximum Gasteiger partial charge on any atom is 0.408 e. The Morgan fingerprint density at radius 2 is 1.92 bits per heavy atom. The highest BCUT2D eigenvalue weighted by molar-refractivity contribution is 5.84. The first kappa shape index (κ1) is 21.5. The van der Waals surface area contributed by atoms with Crippen molar-refractivity contribution in [1.29, 1.82) is 0 Å². The van der Waals surface area contributed by atoms with E-state index in [9.17, 15) is 14.4 Å². The Kier molecular flexibility index (Phi) is 8.09. The second-order valence-corrected chi connectivity index (χ2v) is 6.82. The topological polar surface area (TPSA) is 90.9 Å². The van der Waals surface area contributed by atoms with Gasteiger partial charge in [-0.15, -0.1) is 0 Å². The minimum atomic E-state index is -0.937. The van der Waals surface area contributed by atoms with Crippen LogP contribution in [0.5, 0.6) is 11.5 Å². The smallest absolute Gasteiger partial charge is 0.408 e. The van der Waals surface area contributed by atoms with Crippen molar-refractivity contribution in [2.24, 2.45) is 0 Å². The van der Waals surface area contributed by atoms with Crippen LogP contribution < -0.4 is 14.8 Å². The minimum absolute atomic E-state index is 0.133. The summed E-state index contributed by atoms with van der Waals surface area (Å²) in [4.78, 5) is 35.0. The number of hydrogen-bond acceptors (Lipinski definition) is 6. The summed E-state index contributed by atoms with van der Waals surface area (Å²) < 4.78 is 16.0. The molecule has 0 aliphatic carbocycles. The molecule has 1 rings (SSSR count). The number of nitrogens with one attached hydrogen (secondary N) is 1. The van der Waals surface area contributed by atoms with Crippen LogP contribution in [-0.2, 0) is 9.53 Å². The molecule has 0 aromatic heterocycles. The molecule has 1 N–H and O–H groups in total. The van der Waals surface area contributed by atoms with Gasteiger partial charge in [0, 0.05) is 5.56 Å². The number of carbonyl (C=O) groups is 3. The van der Waals surface area contributed by atoms with Crippen LogP contribution in [0.3, 0.4) is 0 Å². The molecule has 0 spiro atoms. The van der Waals surface area contributed by atoms with Gasteiger partial charge >= 0.3 is 12.1 Å². The fourth-order valence-electron chi connectivity index (χ4n) is 1.86. The molecule has 0 bridgehead atoms. The highest BCUT2D eigenvalue weighted by Gasteiger charge is 2.23. The van der Waals surface area contributed by atoms with Crippen LogP contribution in [0.4, 0.5) is 4.79 Å². The van der Waals surface area contributed by atoms with Crippen LogP contribution >= 0.6 is 0 Å². The number of ether oxygens (including phenoxy) is 3. The molecular formula is C19H27NO6. The largest absolute Gasteiger partial charge is 0.490 e. The number of rotatable bonds is 8. The lowest BCUT2D eigenvalue weighted by Gasteiger charge is -2.21. The van der Waals surface area contributed by atoms with Crippen molar-refractivity contribution in [3.63, 3.8) is 0 Å². The van der Waals surface area contributed by atoms with E-state index in [1.54, 1.807) is 32.9 Å². The molecule has 0 saturated heterocycles. The van der Waals surface area contributed by atoms with Gasteiger partial charge in [-0.3, -0.25) is 4.79 Å². The first-order valence-corrected chi connectivity index (χ1v) is 8.59. The van der Waals surface area contributed by atoms with Gasteiger partial charge < -0.3 is 19.5 Å². The molecule has 7 nitrogen and oxygen atoms in total. The quantitative estimate of drug-likeness (QED) is 0.328. The molecule has 0 aliphatic heterocycles. The van der Waals surface area contributed by atoms with E-state index in [1.807, 2.05) is 6.92 Å². The van der Waals surface area contributed by atoms with E-state index < -0.39 is 23.7 Å². The van der Waals surface area contributed by atoms with Crippen LogP contribution in [0.15, 0.2) is 18.2 Å². The Labute approximate surface area is 154 Å². The SMILES string of the molecule is CCCCOc1ccc(C=O)cc1OC(=O)C(C)NC(=O)OC(C)(C)C. The third-order valence-electron chi connectivity index (χ3n) is 3.16. The van der Waals surface area contributed by atoms with E-state index in [2.05, 4.69) is 5.32 Å². The number of amides is 1. The van der Waals surface area contributed by atoms with E-state index >= 15 is 0 Å². The van der Waals surface area contributed by atoms with Crippen LogP contribution in [0, 0.1) is 0 Å². The van der Waals surface area contributed by atoms with Gasteiger partial charge in [-0.25, -0.2) is 9.59 Å². The van der Waals surface area contributed by atoms with Gasteiger partial charge in [0.2, 0.25) is 0 Å². The van der Waals surface area contributed by atoms with E-state index in [0.29, 0.717) is 24.2 Å². The number of esters is 1. The van der Waals surface area contributed by atoms with E-state index in [1.165, 1.54) is 13.0 Å². The van der Waals surface area contributed by atoms with E-state index in [4.69, 9.17) is 14.2 Å². The third kappa shape index (κ3) is 7.55.